The van der Waals surface area contributed by atoms with Crippen LogP contribution in [0.25, 0.3) is 0 Å². The van der Waals surface area contributed by atoms with Gasteiger partial charge in [-0.05, 0) is 31.2 Å². The molecule has 1 atom stereocenters. The molecule has 1 saturated carbocycles. The monoisotopic (exact) mass is 284 g/mol. The molecule has 0 aromatic heterocycles. The average Bonchev–Trinajstić information content (AvgIpc) is 2.45. The van der Waals surface area contributed by atoms with E-state index in [1.165, 1.54) is 46.1 Å². The number of carbonyl (C=O) groups excluding carboxylic acids is 2. The second-order valence-electron chi connectivity index (χ2n) is 5.73. The van der Waals surface area contributed by atoms with Gasteiger partial charge in [0.05, 0.1) is 7.11 Å². The maximum Gasteiger partial charge on any atom is 0.329 e. The first kappa shape index (κ1) is 17.0. The zero-order chi connectivity index (χ0) is 15.0. The highest BCUT2D eigenvalue weighted by Crippen LogP contribution is 2.29. The smallest absolute Gasteiger partial charge is 0.329 e. The first-order chi connectivity index (χ1) is 9.56. The minimum absolute atomic E-state index is 0.217. The van der Waals surface area contributed by atoms with Gasteiger partial charge in [-0.15, -0.1) is 0 Å². The van der Waals surface area contributed by atoms with Gasteiger partial charge in [0.25, 0.3) is 0 Å². The van der Waals surface area contributed by atoms with Crippen LogP contribution in [0.15, 0.2) is 0 Å². The molecular formula is C15H28N2O3. The Balaban J connectivity index is 2.26. The van der Waals surface area contributed by atoms with Crippen molar-refractivity contribution >= 4 is 11.9 Å². The Kier molecular flexibility index (Phi) is 7.59. The lowest BCUT2D eigenvalue weighted by Gasteiger charge is -2.28. The van der Waals surface area contributed by atoms with Gasteiger partial charge in [-0.2, -0.15) is 0 Å². The molecule has 1 unspecified atom stereocenters. The number of carbonyl (C=O) groups is 2. The van der Waals surface area contributed by atoms with Crippen molar-refractivity contribution in [2.75, 3.05) is 20.2 Å². The quantitative estimate of drug-likeness (QED) is 0.695. The molecule has 0 bridgehead atoms. The van der Waals surface area contributed by atoms with E-state index >= 15 is 0 Å². The molecule has 5 heteroatoms. The summed E-state index contributed by atoms with van der Waals surface area (Å²) >= 11 is 0. The molecular weight excluding hydrogens is 256 g/mol. The van der Waals surface area contributed by atoms with E-state index < -0.39 is 12.0 Å². The van der Waals surface area contributed by atoms with Crippen LogP contribution in [-0.4, -0.2) is 38.1 Å². The van der Waals surface area contributed by atoms with Crippen LogP contribution in [0.3, 0.4) is 0 Å². The van der Waals surface area contributed by atoms with Crippen molar-refractivity contribution in [2.45, 2.75) is 52.0 Å². The molecule has 0 saturated heterocycles. The first-order valence-corrected chi connectivity index (χ1v) is 7.62. The standard InChI is InChI=1S/C15H28N2O3/c1-4-12-5-7-13(8-6-12)9-16-10-14(15(19)20-3)17-11(2)18/h12-14,16H,4-10H2,1-3H3,(H,17,18). The molecule has 1 aliphatic carbocycles. The molecule has 116 valence electrons. The molecule has 0 radical (unpaired) electrons. The molecule has 1 rings (SSSR count). The Bertz CT molecular complexity index is 312. The summed E-state index contributed by atoms with van der Waals surface area (Å²) in [5.41, 5.74) is 0. The van der Waals surface area contributed by atoms with Gasteiger partial charge >= 0.3 is 5.97 Å². The van der Waals surface area contributed by atoms with E-state index in [1.807, 2.05) is 0 Å². The summed E-state index contributed by atoms with van der Waals surface area (Å²) in [7, 11) is 1.34. The van der Waals surface area contributed by atoms with Crippen molar-refractivity contribution in [3.05, 3.63) is 0 Å². The van der Waals surface area contributed by atoms with Gasteiger partial charge in [0.1, 0.15) is 6.04 Å². The van der Waals surface area contributed by atoms with Crippen molar-refractivity contribution in [1.29, 1.82) is 0 Å². The molecule has 5 nitrogen and oxygen atoms in total. The summed E-state index contributed by atoms with van der Waals surface area (Å²) < 4.78 is 4.69. The summed E-state index contributed by atoms with van der Waals surface area (Å²) in [5.74, 6) is 0.968. The lowest BCUT2D eigenvalue weighted by Crippen LogP contribution is -2.47. The van der Waals surface area contributed by atoms with E-state index in [4.69, 9.17) is 4.74 Å². The summed E-state index contributed by atoms with van der Waals surface area (Å²) in [6.07, 6.45) is 6.43. The van der Waals surface area contributed by atoms with Crippen LogP contribution >= 0.6 is 0 Å². The van der Waals surface area contributed by atoms with E-state index in [-0.39, 0.29) is 5.91 Å². The van der Waals surface area contributed by atoms with Crippen LogP contribution in [0.5, 0.6) is 0 Å². The van der Waals surface area contributed by atoms with Crippen molar-refractivity contribution < 1.29 is 14.3 Å². The number of amides is 1. The number of methoxy groups -OCH3 is 1. The van der Waals surface area contributed by atoms with Crippen LogP contribution in [0, 0.1) is 11.8 Å². The SMILES string of the molecule is CCC1CCC(CNCC(NC(C)=O)C(=O)OC)CC1. The molecule has 2 N–H and O–H groups in total. The normalized spacial score (nSPS) is 23.9. The van der Waals surface area contributed by atoms with Gasteiger partial charge in [-0.1, -0.05) is 26.2 Å². The fraction of sp³-hybridized carbons (Fsp3) is 0.867. The first-order valence-electron chi connectivity index (χ1n) is 7.62. The van der Waals surface area contributed by atoms with Crippen molar-refractivity contribution in [1.82, 2.24) is 10.6 Å². The molecule has 1 amide bonds. The Hall–Kier alpha value is -1.10. The van der Waals surface area contributed by atoms with E-state index in [1.54, 1.807) is 0 Å². The number of hydrogen-bond donors (Lipinski definition) is 2. The van der Waals surface area contributed by atoms with E-state index in [9.17, 15) is 9.59 Å². The number of nitrogens with one attached hydrogen (secondary N) is 2. The molecule has 20 heavy (non-hydrogen) atoms. The van der Waals surface area contributed by atoms with Crippen molar-refractivity contribution in [3.8, 4) is 0 Å². The number of hydrogen-bond acceptors (Lipinski definition) is 4. The van der Waals surface area contributed by atoms with Gasteiger partial charge in [-0.25, -0.2) is 4.79 Å². The summed E-state index contributed by atoms with van der Waals surface area (Å²) in [5, 5.41) is 5.90. The molecule has 1 aliphatic rings. The van der Waals surface area contributed by atoms with Gasteiger partial charge in [0.2, 0.25) is 5.91 Å². The van der Waals surface area contributed by atoms with Crippen LogP contribution in [0.2, 0.25) is 0 Å². The zero-order valence-electron chi connectivity index (χ0n) is 12.9. The highest BCUT2D eigenvalue weighted by Gasteiger charge is 2.22. The summed E-state index contributed by atoms with van der Waals surface area (Å²) in [6.45, 7) is 5.00. The van der Waals surface area contributed by atoms with E-state index in [2.05, 4.69) is 17.6 Å². The molecule has 0 aromatic carbocycles. The predicted octanol–water partition coefficient (Wildman–Crippen LogP) is 1.47. The van der Waals surface area contributed by atoms with Gasteiger partial charge in [0, 0.05) is 13.5 Å². The van der Waals surface area contributed by atoms with Crippen LogP contribution < -0.4 is 10.6 Å². The third kappa shape index (κ3) is 5.90. The number of esters is 1. The lowest BCUT2D eigenvalue weighted by molar-refractivity contribution is -0.144. The van der Waals surface area contributed by atoms with E-state index in [0.29, 0.717) is 12.5 Å². The Morgan fingerprint density at radius 1 is 1.20 bits per heavy atom. The Labute approximate surface area is 121 Å². The molecule has 0 heterocycles. The van der Waals surface area contributed by atoms with Crippen molar-refractivity contribution in [2.24, 2.45) is 11.8 Å². The lowest BCUT2D eigenvalue weighted by atomic mass is 9.81. The van der Waals surface area contributed by atoms with Gasteiger partial charge in [0.15, 0.2) is 0 Å². The zero-order valence-corrected chi connectivity index (χ0v) is 12.9. The second-order valence-corrected chi connectivity index (χ2v) is 5.73. The fourth-order valence-electron chi connectivity index (χ4n) is 2.86. The van der Waals surface area contributed by atoms with Crippen LogP contribution in [0.4, 0.5) is 0 Å². The minimum Gasteiger partial charge on any atom is -0.467 e. The topological polar surface area (TPSA) is 67.4 Å². The number of rotatable bonds is 7. The molecule has 0 spiro atoms. The highest BCUT2D eigenvalue weighted by molar-refractivity contribution is 5.83. The highest BCUT2D eigenvalue weighted by atomic mass is 16.5. The maximum atomic E-state index is 11.5. The predicted molar refractivity (Wildman–Crippen MR) is 78.2 cm³/mol. The summed E-state index contributed by atoms with van der Waals surface area (Å²) in [6, 6.07) is -0.593. The average molecular weight is 284 g/mol. The molecule has 0 aliphatic heterocycles. The van der Waals surface area contributed by atoms with Crippen LogP contribution in [-0.2, 0) is 14.3 Å². The largest absolute Gasteiger partial charge is 0.467 e. The third-order valence-electron chi connectivity index (χ3n) is 4.19. The Morgan fingerprint density at radius 3 is 2.30 bits per heavy atom. The molecule has 0 aromatic rings. The summed E-state index contributed by atoms with van der Waals surface area (Å²) in [4.78, 5) is 22.6. The fourth-order valence-corrected chi connectivity index (χ4v) is 2.86. The minimum atomic E-state index is -0.593. The van der Waals surface area contributed by atoms with Crippen LogP contribution in [0.1, 0.15) is 46.0 Å². The Morgan fingerprint density at radius 2 is 1.80 bits per heavy atom. The second kappa shape index (κ2) is 8.95. The van der Waals surface area contributed by atoms with E-state index in [0.717, 1.165) is 12.5 Å². The van der Waals surface area contributed by atoms with Crippen molar-refractivity contribution in [3.63, 3.8) is 0 Å². The van der Waals surface area contributed by atoms with Gasteiger partial charge in [-0.3, -0.25) is 4.79 Å². The molecule has 1 fully saturated rings. The third-order valence-corrected chi connectivity index (χ3v) is 4.19. The van der Waals surface area contributed by atoms with Gasteiger partial charge < -0.3 is 15.4 Å². The number of ether oxygens (including phenoxy) is 1. The maximum absolute atomic E-state index is 11.5.